The lowest BCUT2D eigenvalue weighted by Crippen LogP contribution is -2.64. The van der Waals surface area contributed by atoms with Crippen LogP contribution in [0.1, 0.15) is 56.2 Å². The van der Waals surface area contributed by atoms with E-state index in [9.17, 15) is 4.79 Å². The summed E-state index contributed by atoms with van der Waals surface area (Å²) in [5, 5.41) is 0. The lowest BCUT2D eigenvalue weighted by Gasteiger charge is -2.58. The Balaban J connectivity index is 2.14. The minimum absolute atomic E-state index is 0.00493. The maximum atomic E-state index is 12.7. The summed E-state index contributed by atoms with van der Waals surface area (Å²) < 4.78 is 11.2. The van der Waals surface area contributed by atoms with E-state index in [-0.39, 0.29) is 23.5 Å². The van der Waals surface area contributed by atoms with Gasteiger partial charge in [0.25, 0.3) is 5.91 Å². The Labute approximate surface area is 132 Å². The maximum Gasteiger partial charge on any atom is 0.257 e. The van der Waals surface area contributed by atoms with E-state index in [4.69, 9.17) is 14.9 Å². The van der Waals surface area contributed by atoms with Crippen molar-refractivity contribution in [2.45, 2.75) is 58.7 Å². The molecule has 2 rings (SSSR count). The van der Waals surface area contributed by atoms with Gasteiger partial charge in [-0.05, 0) is 32.3 Å². The number of nitrogens with zero attached hydrogens (tertiary/aromatic N) is 1. The van der Waals surface area contributed by atoms with Crippen LogP contribution in [0, 0.1) is 5.41 Å². The first-order valence-corrected chi connectivity index (χ1v) is 8.20. The van der Waals surface area contributed by atoms with Crippen molar-refractivity contribution in [3.63, 3.8) is 0 Å². The second-order valence-corrected chi connectivity index (χ2v) is 6.06. The van der Waals surface area contributed by atoms with Crippen LogP contribution >= 0.6 is 0 Å². The summed E-state index contributed by atoms with van der Waals surface area (Å²) in [6, 6.07) is 1.94. The van der Waals surface area contributed by atoms with Gasteiger partial charge in [-0.3, -0.25) is 4.79 Å². The number of ether oxygens (including phenoxy) is 1. The lowest BCUT2D eigenvalue weighted by atomic mass is 9.58. The van der Waals surface area contributed by atoms with E-state index in [2.05, 4.69) is 13.8 Å². The van der Waals surface area contributed by atoms with Crippen molar-refractivity contribution in [2.75, 3.05) is 13.7 Å². The Kier molecular flexibility index (Phi) is 5.29. The molecule has 1 heterocycles. The molecule has 1 aliphatic rings. The average Bonchev–Trinajstić information content (AvgIpc) is 3.00. The molecule has 0 aromatic carbocycles. The van der Waals surface area contributed by atoms with Crippen molar-refractivity contribution < 1.29 is 13.9 Å². The van der Waals surface area contributed by atoms with Crippen molar-refractivity contribution >= 4 is 5.91 Å². The van der Waals surface area contributed by atoms with Crippen LogP contribution in [0.4, 0.5) is 0 Å². The minimum atomic E-state index is -0.00493. The smallest absolute Gasteiger partial charge is 0.257 e. The second-order valence-electron chi connectivity index (χ2n) is 6.06. The Morgan fingerprint density at radius 3 is 2.64 bits per heavy atom. The van der Waals surface area contributed by atoms with E-state index in [0.29, 0.717) is 17.9 Å². The van der Waals surface area contributed by atoms with Crippen molar-refractivity contribution in [2.24, 2.45) is 11.1 Å². The Bertz CT molecular complexity index is 508. The van der Waals surface area contributed by atoms with Crippen LogP contribution in [0.3, 0.4) is 0 Å². The van der Waals surface area contributed by atoms with Gasteiger partial charge in [0.05, 0.1) is 18.2 Å². The molecule has 1 aliphatic carbocycles. The van der Waals surface area contributed by atoms with Gasteiger partial charge in [-0.1, -0.05) is 13.8 Å². The van der Waals surface area contributed by atoms with Crippen molar-refractivity contribution in [1.82, 2.24) is 4.90 Å². The third kappa shape index (κ3) is 2.68. The molecule has 1 saturated carbocycles. The Morgan fingerprint density at radius 1 is 1.45 bits per heavy atom. The summed E-state index contributed by atoms with van der Waals surface area (Å²) in [5.74, 6) is 0.629. The zero-order valence-electron chi connectivity index (χ0n) is 14.1. The third-order valence-corrected chi connectivity index (χ3v) is 5.32. The molecular weight excluding hydrogens is 280 g/mol. The molecule has 5 nitrogen and oxygen atoms in total. The number of carbonyl (C=O) groups is 1. The van der Waals surface area contributed by atoms with Crippen molar-refractivity contribution in [3.05, 3.63) is 23.7 Å². The number of carbonyl (C=O) groups excluding carboxylic acids is 1. The summed E-state index contributed by atoms with van der Waals surface area (Å²) >= 11 is 0. The van der Waals surface area contributed by atoms with Gasteiger partial charge in [0.2, 0.25) is 0 Å². The summed E-state index contributed by atoms with van der Waals surface area (Å²) in [6.07, 6.45) is 4.67. The van der Waals surface area contributed by atoms with Gasteiger partial charge in [0.15, 0.2) is 0 Å². The van der Waals surface area contributed by atoms with E-state index in [0.717, 1.165) is 25.9 Å². The third-order valence-electron chi connectivity index (χ3n) is 5.32. The molecule has 0 bridgehead atoms. The largest absolute Gasteiger partial charge is 0.467 e. The number of rotatable bonds is 7. The molecule has 2 atom stereocenters. The second kappa shape index (κ2) is 6.84. The van der Waals surface area contributed by atoms with Gasteiger partial charge < -0.3 is 19.8 Å². The number of amides is 1. The van der Waals surface area contributed by atoms with Gasteiger partial charge >= 0.3 is 0 Å². The molecule has 2 N–H and O–H groups in total. The SMILES string of the molecule is CCOC1CC(N(C)C(=O)c2coc(CN)c2)C1(CC)CC. The molecule has 1 fully saturated rings. The Hall–Kier alpha value is -1.33. The summed E-state index contributed by atoms with van der Waals surface area (Å²) in [5.41, 5.74) is 6.17. The van der Waals surface area contributed by atoms with Gasteiger partial charge in [0.1, 0.15) is 12.0 Å². The number of hydrogen-bond acceptors (Lipinski definition) is 4. The molecule has 0 spiro atoms. The van der Waals surface area contributed by atoms with Crippen LogP contribution < -0.4 is 5.73 Å². The highest BCUT2D eigenvalue weighted by atomic mass is 16.5. The topological polar surface area (TPSA) is 68.7 Å². The van der Waals surface area contributed by atoms with Crippen LogP contribution in [-0.4, -0.2) is 36.6 Å². The summed E-state index contributed by atoms with van der Waals surface area (Å²) in [6.45, 7) is 7.42. The lowest BCUT2D eigenvalue weighted by molar-refractivity contribution is -0.159. The highest BCUT2D eigenvalue weighted by Crippen LogP contribution is 2.51. The van der Waals surface area contributed by atoms with E-state index in [1.807, 2.05) is 18.9 Å². The Morgan fingerprint density at radius 2 is 2.14 bits per heavy atom. The fraction of sp³-hybridized carbons (Fsp3) is 0.706. The molecule has 1 aromatic heterocycles. The number of nitrogens with two attached hydrogens (primary N) is 1. The molecular formula is C17H28N2O3. The van der Waals surface area contributed by atoms with Gasteiger partial charge in [0, 0.05) is 25.1 Å². The van der Waals surface area contributed by atoms with E-state index in [1.165, 1.54) is 6.26 Å². The fourth-order valence-electron chi connectivity index (χ4n) is 3.83. The maximum absolute atomic E-state index is 12.7. The van der Waals surface area contributed by atoms with Crippen molar-refractivity contribution in [3.8, 4) is 0 Å². The zero-order chi connectivity index (χ0) is 16.3. The van der Waals surface area contributed by atoms with Crippen LogP contribution in [0.5, 0.6) is 0 Å². The number of furan rings is 1. The van der Waals surface area contributed by atoms with Crippen LogP contribution in [-0.2, 0) is 11.3 Å². The van der Waals surface area contributed by atoms with Crippen LogP contribution in [0.15, 0.2) is 16.7 Å². The quantitative estimate of drug-likeness (QED) is 0.841. The predicted molar refractivity (Wildman–Crippen MR) is 85.5 cm³/mol. The van der Waals surface area contributed by atoms with Crippen LogP contribution in [0.25, 0.3) is 0 Å². The first-order chi connectivity index (χ1) is 10.5. The number of hydrogen-bond donors (Lipinski definition) is 1. The summed E-state index contributed by atoms with van der Waals surface area (Å²) in [4.78, 5) is 14.5. The van der Waals surface area contributed by atoms with Gasteiger partial charge in [-0.15, -0.1) is 0 Å². The first-order valence-electron chi connectivity index (χ1n) is 8.20. The molecule has 0 radical (unpaired) electrons. The molecule has 0 saturated heterocycles. The van der Waals surface area contributed by atoms with Crippen molar-refractivity contribution in [1.29, 1.82) is 0 Å². The highest BCUT2D eigenvalue weighted by molar-refractivity contribution is 5.94. The standard InChI is InChI=1S/C17H28N2O3/c1-5-17(6-2)14(9-15(17)21-7-3)19(4)16(20)12-8-13(10-18)22-11-12/h8,11,14-15H,5-7,9-10,18H2,1-4H3. The van der Waals surface area contributed by atoms with E-state index >= 15 is 0 Å². The fourth-order valence-corrected chi connectivity index (χ4v) is 3.83. The summed E-state index contributed by atoms with van der Waals surface area (Å²) in [7, 11) is 1.88. The van der Waals surface area contributed by atoms with Gasteiger partial charge in [-0.2, -0.15) is 0 Å². The molecule has 0 aliphatic heterocycles. The molecule has 22 heavy (non-hydrogen) atoms. The highest BCUT2D eigenvalue weighted by Gasteiger charge is 2.55. The van der Waals surface area contributed by atoms with Crippen LogP contribution in [0.2, 0.25) is 0 Å². The van der Waals surface area contributed by atoms with E-state index < -0.39 is 0 Å². The minimum Gasteiger partial charge on any atom is -0.467 e. The molecule has 2 unspecified atom stereocenters. The van der Waals surface area contributed by atoms with Gasteiger partial charge in [-0.25, -0.2) is 0 Å². The molecule has 1 amide bonds. The normalized spacial score (nSPS) is 23.1. The zero-order valence-corrected chi connectivity index (χ0v) is 14.1. The molecule has 1 aromatic rings. The van der Waals surface area contributed by atoms with E-state index in [1.54, 1.807) is 6.07 Å². The molecule has 124 valence electrons. The average molecular weight is 308 g/mol. The monoisotopic (exact) mass is 308 g/mol. The predicted octanol–water partition coefficient (Wildman–Crippen LogP) is 2.79. The first kappa shape index (κ1) is 17.0. The molecule has 5 heteroatoms.